The number of ether oxygens (including phenoxy) is 1. The molecule has 0 aromatic heterocycles. The van der Waals surface area contributed by atoms with E-state index < -0.39 is 29.3 Å². The van der Waals surface area contributed by atoms with Crippen molar-refractivity contribution in [1.82, 2.24) is 0 Å². The highest BCUT2D eigenvalue weighted by atomic mass is 19.4. The van der Waals surface area contributed by atoms with Gasteiger partial charge < -0.3 is 10.1 Å². The minimum atomic E-state index is -4.52. The lowest BCUT2D eigenvalue weighted by Gasteiger charge is -2.19. The molecule has 0 aliphatic rings. The maximum absolute atomic E-state index is 12.7. The number of nitrogens with one attached hydrogen (secondary N) is 2. The molecule has 2 rings (SSSR count). The van der Waals surface area contributed by atoms with E-state index in [0.717, 1.165) is 12.1 Å². The summed E-state index contributed by atoms with van der Waals surface area (Å²) in [5.41, 5.74) is -0.829. The normalized spacial score (nSPS) is 11.6. The van der Waals surface area contributed by atoms with Crippen LogP contribution in [0.2, 0.25) is 0 Å². The van der Waals surface area contributed by atoms with Crippen LogP contribution in [0.1, 0.15) is 36.7 Å². The van der Waals surface area contributed by atoms with Crippen molar-refractivity contribution in [2.45, 2.75) is 32.5 Å². The lowest BCUT2D eigenvalue weighted by molar-refractivity contribution is -0.137. The van der Waals surface area contributed by atoms with Gasteiger partial charge in [-0.3, -0.25) is 10.1 Å². The summed E-state index contributed by atoms with van der Waals surface area (Å²) in [6.07, 6.45) is -5.14. The van der Waals surface area contributed by atoms with Gasteiger partial charge in [-0.05, 0) is 63.2 Å². The molecular formula is C19H19F3N2O3. The Hall–Kier alpha value is -3.03. The Bertz CT molecular complexity index is 825. The van der Waals surface area contributed by atoms with Crippen molar-refractivity contribution in [3.8, 4) is 0 Å². The van der Waals surface area contributed by atoms with Gasteiger partial charge in [0.25, 0.3) is 5.91 Å². The van der Waals surface area contributed by atoms with Crippen molar-refractivity contribution >= 4 is 23.4 Å². The monoisotopic (exact) mass is 380 g/mol. The molecule has 0 spiro atoms. The number of hydrogen-bond donors (Lipinski definition) is 2. The number of halogens is 3. The molecule has 0 radical (unpaired) electrons. The van der Waals surface area contributed by atoms with Crippen LogP contribution in [0.15, 0.2) is 48.5 Å². The lowest BCUT2D eigenvalue weighted by atomic mass is 10.1. The second-order valence-corrected chi connectivity index (χ2v) is 6.74. The van der Waals surface area contributed by atoms with E-state index in [2.05, 4.69) is 10.6 Å². The van der Waals surface area contributed by atoms with Crippen LogP contribution >= 0.6 is 0 Å². The highest BCUT2D eigenvalue weighted by Gasteiger charge is 2.30. The molecule has 0 unspecified atom stereocenters. The molecule has 144 valence electrons. The average Bonchev–Trinajstić information content (AvgIpc) is 2.54. The highest BCUT2D eigenvalue weighted by molar-refractivity contribution is 6.04. The number of anilines is 2. The van der Waals surface area contributed by atoms with Gasteiger partial charge in [0.1, 0.15) is 5.60 Å². The van der Waals surface area contributed by atoms with Crippen LogP contribution in [-0.4, -0.2) is 17.6 Å². The van der Waals surface area contributed by atoms with Crippen LogP contribution in [0.5, 0.6) is 0 Å². The van der Waals surface area contributed by atoms with Crippen LogP contribution < -0.4 is 10.6 Å². The molecule has 0 saturated carbocycles. The lowest BCUT2D eigenvalue weighted by Crippen LogP contribution is -2.27. The fraction of sp³-hybridized carbons (Fsp3) is 0.263. The Morgan fingerprint density at radius 1 is 0.889 bits per heavy atom. The molecule has 0 fully saturated rings. The van der Waals surface area contributed by atoms with Gasteiger partial charge >= 0.3 is 12.3 Å². The van der Waals surface area contributed by atoms with Gasteiger partial charge in [0.2, 0.25) is 0 Å². The second kappa shape index (κ2) is 7.69. The fourth-order valence-corrected chi connectivity index (χ4v) is 2.10. The van der Waals surface area contributed by atoms with Crippen molar-refractivity contribution in [2.75, 3.05) is 10.6 Å². The topological polar surface area (TPSA) is 67.4 Å². The first-order valence-electron chi connectivity index (χ1n) is 8.03. The summed E-state index contributed by atoms with van der Waals surface area (Å²) in [7, 11) is 0. The first-order valence-corrected chi connectivity index (χ1v) is 8.03. The zero-order valence-corrected chi connectivity index (χ0v) is 15.0. The van der Waals surface area contributed by atoms with Crippen LogP contribution in [0.3, 0.4) is 0 Å². The number of amides is 2. The van der Waals surface area contributed by atoms with Crippen molar-refractivity contribution in [3.63, 3.8) is 0 Å². The van der Waals surface area contributed by atoms with Crippen molar-refractivity contribution in [3.05, 3.63) is 59.7 Å². The summed E-state index contributed by atoms with van der Waals surface area (Å²) < 4.78 is 43.3. The fourth-order valence-electron chi connectivity index (χ4n) is 2.10. The number of hydrogen-bond acceptors (Lipinski definition) is 3. The van der Waals surface area contributed by atoms with Crippen LogP contribution in [0, 0.1) is 0 Å². The Kier molecular flexibility index (Phi) is 5.78. The van der Waals surface area contributed by atoms with Crippen molar-refractivity contribution in [1.29, 1.82) is 0 Å². The third-order valence-electron chi connectivity index (χ3n) is 3.24. The largest absolute Gasteiger partial charge is 0.444 e. The van der Waals surface area contributed by atoms with Gasteiger partial charge in [0.15, 0.2) is 0 Å². The Labute approximate surface area is 154 Å². The van der Waals surface area contributed by atoms with E-state index >= 15 is 0 Å². The molecular weight excluding hydrogens is 361 g/mol. The number of rotatable bonds is 3. The first-order chi connectivity index (χ1) is 12.4. The molecule has 2 aromatic carbocycles. The van der Waals surface area contributed by atoms with Crippen LogP contribution in [-0.2, 0) is 10.9 Å². The van der Waals surface area contributed by atoms with Crippen molar-refractivity contribution in [2.24, 2.45) is 0 Å². The van der Waals surface area contributed by atoms with Gasteiger partial charge in [-0.15, -0.1) is 0 Å². The van der Waals surface area contributed by atoms with E-state index in [1.807, 2.05) is 0 Å². The maximum Gasteiger partial charge on any atom is 0.416 e. The van der Waals surface area contributed by atoms with E-state index in [1.165, 1.54) is 36.4 Å². The van der Waals surface area contributed by atoms with Crippen LogP contribution in [0.25, 0.3) is 0 Å². The minimum Gasteiger partial charge on any atom is -0.444 e. The number of benzene rings is 2. The van der Waals surface area contributed by atoms with E-state index in [4.69, 9.17) is 4.74 Å². The second-order valence-electron chi connectivity index (χ2n) is 6.74. The summed E-state index contributed by atoms with van der Waals surface area (Å²) >= 11 is 0. The smallest absolute Gasteiger partial charge is 0.416 e. The van der Waals surface area contributed by atoms with E-state index in [9.17, 15) is 22.8 Å². The minimum absolute atomic E-state index is 0.110. The molecule has 0 heterocycles. The number of carbonyl (C=O) groups excluding carboxylic acids is 2. The molecule has 8 heteroatoms. The van der Waals surface area contributed by atoms with Gasteiger partial charge in [-0.25, -0.2) is 4.79 Å². The molecule has 27 heavy (non-hydrogen) atoms. The molecule has 0 aliphatic carbocycles. The predicted octanol–water partition coefficient (Wildman–Crippen LogP) is 5.30. The standard InChI is InChI=1S/C19H19F3N2O3/c1-18(2,3)27-17(26)24-15-9-7-14(8-10-15)23-16(25)12-5-4-6-13(11-12)19(20,21)22/h4-11H,1-3H3,(H,23,25)(H,24,26). The highest BCUT2D eigenvalue weighted by Crippen LogP contribution is 2.29. The molecule has 2 aromatic rings. The summed E-state index contributed by atoms with van der Waals surface area (Å²) in [5.74, 6) is -0.672. The van der Waals surface area contributed by atoms with Gasteiger partial charge in [-0.2, -0.15) is 13.2 Å². The SMILES string of the molecule is CC(C)(C)OC(=O)Nc1ccc(NC(=O)c2cccc(C(F)(F)F)c2)cc1. The van der Waals surface area contributed by atoms with E-state index in [1.54, 1.807) is 20.8 Å². The Balaban J connectivity index is 2.02. The molecule has 2 N–H and O–H groups in total. The molecule has 0 saturated heterocycles. The Morgan fingerprint density at radius 2 is 1.44 bits per heavy atom. The summed E-state index contributed by atoms with van der Waals surface area (Å²) in [5, 5.41) is 5.04. The maximum atomic E-state index is 12.7. The Morgan fingerprint density at radius 3 is 1.96 bits per heavy atom. The summed E-state index contributed by atoms with van der Waals surface area (Å²) in [6, 6.07) is 10.2. The zero-order valence-electron chi connectivity index (χ0n) is 15.0. The molecule has 5 nitrogen and oxygen atoms in total. The summed E-state index contributed by atoms with van der Waals surface area (Å²) in [4.78, 5) is 23.8. The third-order valence-corrected chi connectivity index (χ3v) is 3.24. The molecule has 2 amide bonds. The zero-order chi connectivity index (χ0) is 20.2. The summed E-state index contributed by atoms with van der Waals surface area (Å²) in [6.45, 7) is 5.21. The van der Waals surface area contributed by atoms with Gasteiger partial charge in [-0.1, -0.05) is 6.07 Å². The van der Waals surface area contributed by atoms with Gasteiger partial charge in [0, 0.05) is 16.9 Å². The van der Waals surface area contributed by atoms with Gasteiger partial charge in [0.05, 0.1) is 5.56 Å². The molecule has 0 aliphatic heterocycles. The number of carbonyl (C=O) groups is 2. The molecule has 0 bridgehead atoms. The van der Waals surface area contributed by atoms with Crippen molar-refractivity contribution < 1.29 is 27.5 Å². The third kappa shape index (κ3) is 6.32. The molecule has 0 atom stereocenters. The first kappa shape index (κ1) is 20.3. The van der Waals surface area contributed by atoms with E-state index in [0.29, 0.717) is 11.4 Å². The average molecular weight is 380 g/mol. The van der Waals surface area contributed by atoms with E-state index in [-0.39, 0.29) is 5.56 Å². The quantitative estimate of drug-likeness (QED) is 0.759. The van der Waals surface area contributed by atoms with Crippen LogP contribution in [0.4, 0.5) is 29.3 Å². The predicted molar refractivity (Wildman–Crippen MR) is 95.7 cm³/mol. The number of alkyl halides is 3.